The maximum atomic E-state index is 9.40. The Kier molecular flexibility index (Phi) is 5.91. The molecule has 1 aromatic rings. The Hall–Kier alpha value is -0.293. The Morgan fingerprint density at radius 1 is 1.17 bits per heavy atom. The summed E-state index contributed by atoms with van der Waals surface area (Å²) < 4.78 is 1.55. The summed E-state index contributed by atoms with van der Waals surface area (Å²) in [5, 5.41) is 9.40. The van der Waals surface area contributed by atoms with Crippen molar-refractivity contribution >= 4 is 36.2 Å². The van der Waals surface area contributed by atoms with Crippen molar-refractivity contribution in [2.75, 3.05) is 0 Å². The number of benzene rings is 1. The van der Waals surface area contributed by atoms with Gasteiger partial charge in [-0.1, -0.05) is 67.7 Å². The fourth-order valence-corrected chi connectivity index (χ4v) is 3.61. The highest BCUT2D eigenvalue weighted by molar-refractivity contribution is 14.1. The fourth-order valence-electron chi connectivity index (χ4n) is 1.85. The topological polar surface area (TPSA) is 20.2 Å². The molecule has 1 N–H and O–H groups in total. The molecule has 3 heteroatoms. The summed E-state index contributed by atoms with van der Waals surface area (Å²) in [7, 11) is -1.27. The summed E-state index contributed by atoms with van der Waals surface area (Å²) >= 11 is 2.54. The van der Waals surface area contributed by atoms with Crippen molar-refractivity contribution in [2.24, 2.45) is 0 Å². The summed E-state index contributed by atoms with van der Waals surface area (Å²) in [5.41, 5.74) is 2.75. The minimum absolute atomic E-state index is 0.344. The third kappa shape index (κ3) is 4.43. The first-order valence-corrected chi connectivity index (χ1v) is 11.1. The highest BCUT2D eigenvalue weighted by Gasteiger charge is 2.21. The van der Waals surface area contributed by atoms with Gasteiger partial charge in [0.05, 0.1) is 8.07 Å². The van der Waals surface area contributed by atoms with E-state index < -0.39 is 8.07 Å². The lowest BCUT2D eigenvalue weighted by atomic mass is 10.0. The van der Waals surface area contributed by atoms with Gasteiger partial charge in [0.15, 0.2) is 0 Å². The smallest absolute Gasteiger partial charge is 0.115 e. The number of phenolic OH excluding ortho intramolecular Hbond substituents is 1. The number of hydrogen-bond acceptors (Lipinski definition) is 1. The average Bonchev–Trinajstić information content (AvgIpc) is 2.30. The molecule has 0 aromatic heterocycles. The summed E-state index contributed by atoms with van der Waals surface area (Å²) in [6.45, 7) is 9.40. The number of halogens is 1. The molecular weight excluding hydrogens is 351 g/mol. The van der Waals surface area contributed by atoms with Gasteiger partial charge in [0.2, 0.25) is 0 Å². The van der Waals surface area contributed by atoms with Crippen LogP contribution in [0.4, 0.5) is 0 Å². The van der Waals surface area contributed by atoms with E-state index in [9.17, 15) is 5.11 Å². The lowest BCUT2D eigenvalue weighted by Crippen LogP contribution is -2.21. The fraction of sp³-hybridized carbons (Fsp3) is 0.467. The van der Waals surface area contributed by atoms with E-state index in [4.69, 9.17) is 0 Å². The van der Waals surface area contributed by atoms with Gasteiger partial charge in [-0.25, -0.2) is 0 Å². The normalized spacial score (nSPS) is 13.4. The van der Waals surface area contributed by atoms with Gasteiger partial charge in [0.1, 0.15) is 5.75 Å². The van der Waals surface area contributed by atoms with Gasteiger partial charge in [-0.15, -0.1) is 0 Å². The van der Waals surface area contributed by atoms with Crippen LogP contribution in [0.3, 0.4) is 0 Å². The number of phenols is 1. The standard InChI is InChI=1S/C15H23IOSi/c1-5-6-7-14(15(16)18(2,3)4)12-8-10-13(17)11-9-12/h8-11,17H,5-7H2,1-4H3/b15-14-. The number of allylic oxidation sites excluding steroid dienone is 1. The van der Waals surface area contributed by atoms with Crippen LogP contribution >= 0.6 is 22.6 Å². The van der Waals surface area contributed by atoms with E-state index in [2.05, 4.69) is 49.2 Å². The van der Waals surface area contributed by atoms with Gasteiger partial charge >= 0.3 is 0 Å². The molecule has 1 aromatic carbocycles. The third-order valence-electron chi connectivity index (χ3n) is 2.92. The lowest BCUT2D eigenvalue weighted by molar-refractivity contribution is 0.475. The number of hydrogen-bond donors (Lipinski definition) is 1. The van der Waals surface area contributed by atoms with Crippen LogP contribution in [0.25, 0.3) is 5.57 Å². The minimum Gasteiger partial charge on any atom is -0.508 e. The van der Waals surface area contributed by atoms with E-state index in [1.54, 1.807) is 15.3 Å². The molecule has 0 saturated carbocycles. The molecule has 0 radical (unpaired) electrons. The predicted octanol–water partition coefficient (Wildman–Crippen LogP) is 5.61. The van der Waals surface area contributed by atoms with Crippen LogP contribution in [0, 0.1) is 0 Å². The Morgan fingerprint density at radius 3 is 2.17 bits per heavy atom. The van der Waals surface area contributed by atoms with Crippen LogP contribution in [0.2, 0.25) is 19.6 Å². The second kappa shape index (κ2) is 6.75. The molecule has 100 valence electrons. The monoisotopic (exact) mass is 374 g/mol. The molecule has 0 aliphatic heterocycles. The van der Waals surface area contributed by atoms with E-state index in [0.717, 1.165) is 6.42 Å². The minimum atomic E-state index is -1.27. The van der Waals surface area contributed by atoms with Crippen molar-refractivity contribution in [3.63, 3.8) is 0 Å². The second-order valence-electron chi connectivity index (χ2n) is 5.69. The zero-order valence-electron chi connectivity index (χ0n) is 11.8. The van der Waals surface area contributed by atoms with Crippen molar-refractivity contribution in [2.45, 2.75) is 45.8 Å². The molecule has 0 spiro atoms. The highest BCUT2D eigenvalue weighted by Crippen LogP contribution is 2.34. The first-order chi connectivity index (χ1) is 8.36. The number of unbranched alkanes of at least 4 members (excludes halogenated alkanes) is 1. The van der Waals surface area contributed by atoms with E-state index in [1.165, 1.54) is 24.0 Å². The van der Waals surface area contributed by atoms with Crippen LogP contribution in [0.15, 0.2) is 27.5 Å². The van der Waals surface area contributed by atoms with Crippen LogP contribution in [-0.4, -0.2) is 13.2 Å². The molecule has 18 heavy (non-hydrogen) atoms. The summed E-state index contributed by atoms with van der Waals surface area (Å²) in [5.74, 6) is 0.344. The maximum Gasteiger partial charge on any atom is 0.115 e. The van der Waals surface area contributed by atoms with E-state index in [1.807, 2.05) is 12.1 Å². The summed E-state index contributed by atoms with van der Waals surface area (Å²) in [6, 6.07) is 7.66. The Bertz CT molecular complexity index is 415. The van der Waals surface area contributed by atoms with E-state index >= 15 is 0 Å². The van der Waals surface area contributed by atoms with Crippen molar-refractivity contribution in [3.8, 4) is 5.75 Å². The zero-order valence-corrected chi connectivity index (χ0v) is 14.9. The molecule has 0 aliphatic carbocycles. The molecule has 0 aliphatic rings. The van der Waals surface area contributed by atoms with Crippen LogP contribution in [0.1, 0.15) is 31.7 Å². The SMILES string of the molecule is CCCC/C(=C(\I)[Si](C)(C)C)c1ccc(O)cc1. The van der Waals surface area contributed by atoms with E-state index in [-0.39, 0.29) is 0 Å². The largest absolute Gasteiger partial charge is 0.508 e. The first-order valence-electron chi connectivity index (χ1n) is 6.54. The Balaban J connectivity index is 3.17. The van der Waals surface area contributed by atoms with Crippen molar-refractivity contribution in [1.82, 2.24) is 0 Å². The quantitative estimate of drug-likeness (QED) is 0.525. The van der Waals surface area contributed by atoms with E-state index in [0.29, 0.717) is 5.75 Å². The lowest BCUT2D eigenvalue weighted by Gasteiger charge is -2.21. The highest BCUT2D eigenvalue weighted by atomic mass is 127. The van der Waals surface area contributed by atoms with Gasteiger partial charge < -0.3 is 5.11 Å². The molecule has 1 rings (SSSR count). The summed E-state index contributed by atoms with van der Waals surface area (Å²) in [6.07, 6.45) is 3.59. The summed E-state index contributed by atoms with van der Waals surface area (Å²) in [4.78, 5) is 0. The van der Waals surface area contributed by atoms with Crippen LogP contribution in [-0.2, 0) is 0 Å². The van der Waals surface area contributed by atoms with Crippen LogP contribution in [0.5, 0.6) is 5.75 Å². The first kappa shape index (κ1) is 15.8. The molecule has 0 bridgehead atoms. The average molecular weight is 374 g/mol. The molecule has 0 unspecified atom stereocenters. The number of rotatable bonds is 5. The second-order valence-corrected chi connectivity index (χ2v) is 12.8. The molecule has 0 fully saturated rings. The van der Waals surface area contributed by atoms with Gasteiger partial charge in [0, 0.05) is 0 Å². The van der Waals surface area contributed by atoms with Gasteiger partial charge in [0.25, 0.3) is 0 Å². The zero-order chi connectivity index (χ0) is 13.8. The molecule has 0 heterocycles. The molecule has 0 amide bonds. The van der Waals surface area contributed by atoms with Crippen LogP contribution < -0.4 is 0 Å². The third-order valence-corrected chi connectivity index (χ3v) is 10.0. The van der Waals surface area contributed by atoms with Gasteiger partial charge in [-0.3, -0.25) is 0 Å². The molecule has 1 nitrogen and oxygen atoms in total. The van der Waals surface area contributed by atoms with Gasteiger partial charge in [-0.05, 0) is 39.3 Å². The predicted molar refractivity (Wildman–Crippen MR) is 91.9 cm³/mol. The molecule has 0 atom stereocenters. The number of aromatic hydroxyl groups is 1. The van der Waals surface area contributed by atoms with Crippen molar-refractivity contribution in [1.29, 1.82) is 0 Å². The maximum absolute atomic E-state index is 9.40. The van der Waals surface area contributed by atoms with Crippen molar-refractivity contribution in [3.05, 3.63) is 33.0 Å². The molecular formula is C15H23IOSi. The van der Waals surface area contributed by atoms with Crippen molar-refractivity contribution < 1.29 is 5.11 Å². The Labute approximate surface area is 125 Å². The Morgan fingerprint density at radius 2 is 1.72 bits per heavy atom. The molecule has 0 saturated heterocycles. The van der Waals surface area contributed by atoms with Gasteiger partial charge in [-0.2, -0.15) is 0 Å².